The summed E-state index contributed by atoms with van der Waals surface area (Å²) < 4.78 is 0. The number of hydroxylamine groups is 2. The van der Waals surface area contributed by atoms with Crippen molar-refractivity contribution >= 4 is 0 Å². The van der Waals surface area contributed by atoms with Crippen LogP contribution in [-0.2, 0) is 13.1 Å². The smallest absolute Gasteiger partial charge is 0.123 e. The van der Waals surface area contributed by atoms with Crippen LogP contribution in [0.3, 0.4) is 0 Å². The molecule has 0 heterocycles. The molecule has 0 saturated heterocycles. The van der Waals surface area contributed by atoms with E-state index < -0.39 is 0 Å². The number of phenolic OH excluding ortho intramolecular Hbond substituents is 1. The lowest BCUT2D eigenvalue weighted by Crippen LogP contribution is -2.19. The summed E-state index contributed by atoms with van der Waals surface area (Å²) in [4.78, 5) is 0. The van der Waals surface area contributed by atoms with Crippen molar-refractivity contribution in [1.82, 2.24) is 5.06 Å². The van der Waals surface area contributed by atoms with E-state index >= 15 is 0 Å². The van der Waals surface area contributed by atoms with E-state index in [9.17, 15) is 10.3 Å². The Balaban J connectivity index is 2.24. The highest BCUT2D eigenvalue weighted by Crippen LogP contribution is 2.32. The lowest BCUT2D eigenvalue weighted by atomic mass is 9.93. The van der Waals surface area contributed by atoms with Crippen LogP contribution in [0.1, 0.15) is 33.4 Å². The maximum absolute atomic E-state index is 10.4. The Kier molecular flexibility index (Phi) is 4.66. The normalized spacial score (nSPS) is 11.1. The standard InChI is InChI=1S/C18H23NO2/c1-12-13(2)15(4)18(20)17(14(12)3)11-19(21)10-16-8-6-5-7-9-16/h5-9,20-21H,10-11H2,1-4H3. The van der Waals surface area contributed by atoms with Gasteiger partial charge in [0.15, 0.2) is 0 Å². The molecule has 0 fully saturated rings. The summed E-state index contributed by atoms with van der Waals surface area (Å²) in [5.41, 5.74) is 6.06. The second-order valence-corrected chi connectivity index (χ2v) is 5.64. The van der Waals surface area contributed by atoms with Gasteiger partial charge in [0.2, 0.25) is 0 Å². The summed E-state index contributed by atoms with van der Waals surface area (Å²) in [6.07, 6.45) is 0. The SMILES string of the molecule is Cc1c(C)c(C)c(CN(O)Cc2ccccc2)c(O)c1C. The minimum Gasteiger partial charge on any atom is -0.507 e. The first-order chi connectivity index (χ1) is 9.91. The topological polar surface area (TPSA) is 43.7 Å². The van der Waals surface area contributed by atoms with E-state index in [1.807, 2.05) is 51.1 Å². The zero-order valence-electron chi connectivity index (χ0n) is 13.1. The molecule has 0 unspecified atom stereocenters. The van der Waals surface area contributed by atoms with Gasteiger partial charge in [-0.25, -0.2) is 0 Å². The molecule has 0 bridgehead atoms. The van der Waals surface area contributed by atoms with Crippen molar-refractivity contribution in [3.8, 4) is 5.75 Å². The predicted molar refractivity (Wildman–Crippen MR) is 84.5 cm³/mol. The first kappa shape index (κ1) is 15.5. The largest absolute Gasteiger partial charge is 0.507 e. The molecule has 0 radical (unpaired) electrons. The summed E-state index contributed by atoms with van der Waals surface area (Å²) >= 11 is 0. The fraction of sp³-hybridized carbons (Fsp3) is 0.333. The van der Waals surface area contributed by atoms with Gasteiger partial charge in [0, 0.05) is 12.1 Å². The van der Waals surface area contributed by atoms with Gasteiger partial charge >= 0.3 is 0 Å². The quantitative estimate of drug-likeness (QED) is 0.834. The van der Waals surface area contributed by atoms with Gasteiger partial charge in [0.05, 0.1) is 6.54 Å². The average molecular weight is 285 g/mol. The Hall–Kier alpha value is -1.84. The predicted octanol–water partition coefficient (Wildman–Crippen LogP) is 4.02. The van der Waals surface area contributed by atoms with Crippen LogP contribution in [0.25, 0.3) is 0 Å². The van der Waals surface area contributed by atoms with Crippen molar-refractivity contribution in [2.24, 2.45) is 0 Å². The molecule has 0 aliphatic carbocycles. The van der Waals surface area contributed by atoms with E-state index in [2.05, 4.69) is 6.92 Å². The minimum atomic E-state index is 0.294. The lowest BCUT2D eigenvalue weighted by Gasteiger charge is -2.21. The molecule has 0 aliphatic heterocycles. The van der Waals surface area contributed by atoms with Crippen LogP contribution in [0.4, 0.5) is 0 Å². The number of aromatic hydroxyl groups is 1. The highest BCUT2D eigenvalue weighted by molar-refractivity contribution is 5.53. The highest BCUT2D eigenvalue weighted by Gasteiger charge is 2.16. The number of hydrogen-bond donors (Lipinski definition) is 2. The molecule has 2 aromatic rings. The maximum Gasteiger partial charge on any atom is 0.123 e. The van der Waals surface area contributed by atoms with Gasteiger partial charge in [-0.3, -0.25) is 0 Å². The Morgan fingerprint density at radius 3 is 2.00 bits per heavy atom. The van der Waals surface area contributed by atoms with Gasteiger partial charge in [-0.1, -0.05) is 30.3 Å². The Morgan fingerprint density at radius 1 is 0.810 bits per heavy atom. The average Bonchev–Trinajstić information content (AvgIpc) is 2.48. The Labute approximate surface area is 126 Å². The van der Waals surface area contributed by atoms with Gasteiger partial charge in [0.25, 0.3) is 0 Å². The molecule has 3 heteroatoms. The molecule has 2 aromatic carbocycles. The van der Waals surface area contributed by atoms with E-state index in [4.69, 9.17) is 0 Å². The summed E-state index contributed by atoms with van der Waals surface area (Å²) in [6.45, 7) is 8.73. The van der Waals surface area contributed by atoms with Crippen LogP contribution in [0, 0.1) is 27.7 Å². The number of phenols is 1. The van der Waals surface area contributed by atoms with Crippen LogP contribution < -0.4 is 0 Å². The van der Waals surface area contributed by atoms with E-state index in [1.54, 1.807) is 0 Å². The monoisotopic (exact) mass is 285 g/mol. The third-order valence-electron chi connectivity index (χ3n) is 4.33. The molecular formula is C18H23NO2. The molecule has 112 valence electrons. The van der Waals surface area contributed by atoms with Crippen molar-refractivity contribution < 1.29 is 10.3 Å². The maximum atomic E-state index is 10.4. The second kappa shape index (κ2) is 6.29. The summed E-state index contributed by atoms with van der Waals surface area (Å²) in [5, 5.41) is 21.8. The molecule has 0 saturated carbocycles. The third-order valence-corrected chi connectivity index (χ3v) is 4.33. The summed E-state index contributed by atoms with van der Waals surface area (Å²) in [5.74, 6) is 0.294. The molecule has 2 N–H and O–H groups in total. The zero-order valence-corrected chi connectivity index (χ0v) is 13.1. The lowest BCUT2D eigenvalue weighted by molar-refractivity contribution is -0.108. The van der Waals surface area contributed by atoms with Gasteiger partial charge < -0.3 is 10.3 Å². The molecule has 21 heavy (non-hydrogen) atoms. The Morgan fingerprint density at radius 2 is 1.38 bits per heavy atom. The van der Waals surface area contributed by atoms with Crippen LogP contribution >= 0.6 is 0 Å². The highest BCUT2D eigenvalue weighted by atomic mass is 16.5. The van der Waals surface area contributed by atoms with Crippen LogP contribution in [-0.4, -0.2) is 15.4 Å². The molecule has 0 aliphatic rings. The molecule has 0 aromatic heterocycles. The van der Waals surface area contributed by atoms with E-state index in [-0.39, 0.29) is 0 Å². The third kappa shape index (κ3) is 3.26. The second-order valence-electron chi connectivity index (χ2n) is 5.64. The van der Waals surface area contributed by atoms with E-state index in [0.717, 1.165) is 27.8 Å². The molecule has 0 atom stereocenters. The number of hydrogen-bond acceptors (Lipinski definition) is 3. The zero-order chi connectivity index (χ0) is 15.6. The molecule has 2 rings (SSSR count). The van der Waals surface area contributed by atoms with Crippen LogP contribution in [0.2, 0.25) is 0 Å². The number of rotatable bonds is 4. The van der Waals surface area contributed by atoms with Crippen LogP contribution in [0.15, 0.2) is 30.3 Å². The summed E-state index contributed by atoms with van der Waals surface area (Å²) in [6, 6.07) is 9.80. The molecule has 3 nitrogen and oxygen atoms in total. The summed E-state index contributed by atoms with van der Waals surface area (Å²) in [7, 11) is 0. The van der Waals surface area contributed by atoms with Crippen molar-refractivity contribution in [3.63, 3.8) is 0 Å². The van der Waals surface area contributed by atoms with E-state index in [0.29, 0.717) is 18.8 Å². The molecule has 0 spiro atoms. The van der Waals surface area contributed by atoms with Crippen molar-refractivity contribution in [1.29, 1.82) is 0 Å². The van der Waals surface area contributed by atoms with Gasteiger partial charge in [-0.2, -0.15) is 5.06 Å². The van der Waals surface area contributed by atoms with Gasteiger partial charge in [-0.15, -0.1) is 0 Å². The first-order valence-electron chi connectivity index (χ1n) is 7.17. The van der Waals surface area contributed by atoms with Crippen molar-refractivity contribution in [2.45, 2.75) is 40.8 Å². The van der Waals surface area contributed by atoms with Crippen molar-refractivity contribution in [2.75, 3.05) is 0 Å². The molecular weight excluding hydrogens is 262 g/mol. The van der Waals surface area contributed by atoms with Crippen LogP contribution in [0.5, 0.6) is 5.75 Å². The minimum absolute atomic E-state index is 0.294. The number of nitrogens with zero attached hydrogens (tertiary/aromatic N) is 1. The fourth-order valence-electron chi connectivity index (χ4n) is 2.60. The van der Waals surface area contributed by atoms with Gasteiger partial charge in [-0.05, 0) is 55.5 Å². The van der Waals surface area contributed by atoms with Gasteiger partial charge in [0.1, 0.15) is 5.75 Å². The fourth-order valence-corrected chi connectivity index (χ4v) is 2.60. The van der Waals surface area contributed by atoms with E-state index in [1.165, 1.54) is 10.6 Å². The molecule has 0 amide bonds. The van der Waals surface area contributed by atoms with Crippen molar-refractivity contribution in [3.05, 3.63) is 63.7 Å². The first-order valence-corrected chi connectivity index (χ1v) is 7.17. The Bertz CT molecular complexity index is 606. The number of benzene rings is 2.